The third-order valence-corrected chi connectivity index (χ3v) is 4.79. The minimum atomic E-state index is -3.91. The molecule has 4 nitrogen and oxygen atoms in total. The van der Waals surface area contributed by atoms with E-state index in [4.69, 9.17) is 22.1 Å². The summed E-state index contributed by atoms with van der Waals surface area (Å²) in [5.41, 5.74) is 0.976. The number of nitriles is 2. The molecule has 2 aromatic rings. The molecule has 0 unspecified atom stereocenters. The highest BCUT2D eigenvalue weighted by molar-refractivity contribution is 7.95. The van der Waals surface area contributed by atoms with Crippen LogP contribution in [0, 0.1) is 22.7 Å². The summed E-state index contributed by atoms with van der Waals surface area (Å²) in [6.45, 7) is 0. The lowest BCUT2D eigenvalue weighted by Crippen LogP contribution is -2.03. The molecule has 0 N–H and O–H groups in total. The first-order valence-electron chi connectivity index (χ1n) is 6.10. The number of sulfone groups is 1. The van der Waals surface area contributed by atoms with Crippen LogP contribution in [0.15, 0.2) is 58.3 Å². The fourth-order valence-corrected chi connectivity index (χ4v) is 3.00. The van der Waals surface area contributed by atoms with Crippen LogP contribution in [0.3, 0.4) is 0 Å². The third kappa shape index (κ3) is 3.35. The Kier molecular flexibility index (Phi) is 4.62. The number of nitrogens with zero attached hydrogens (tertiary/aromatic N) is 2. The molecule has 108 valence electrons. The van der Waals surface area contributed by atoms with E-state index in [9.17, 15) is 8.42 Å². The first-order valence-corrected chi connectivity index (χ1v) is 7.96. The summed E-state index contributed by atoms with van der Waals surface area (Å²) in [6, 6.07) is 15.5. The first-order chi connectivity index (χ1) is 10.5. The highest BCUT2D eigenvalue weighted by atomic mass is 35.5. The van der Waals surface area contributed by atoms with Crippen molar-refractivity contribution in [3.05, 3.63) is 69.6 Å². The summed E-state index contributed by atoms with van der Waals surface area (Å²) in [5, 5.41) is 18.3. The van der Waals surface area contributed by atoms with Crippen LogP contribution in [0.4, 0.5) is 0 Å². The van der Waals surface area contributed by atoms with Gasteiger partial charge in [0.25, 0.3) is 0 Å². The van der Waals surface area contributed by atoms with E-state index < -0.39 is 9.84 Å². The lowest BCUT2D eigenvalue weighted by Gasteiger charge is -2.03. The van der Waals surface area contributed by atoms with Crippen molar-refractivity contribution < 1.29 is 8.42 Å². The fraction of sp³-hybridized carbons (Fsp3) is 0. The van der Waals surface area contributed by atoms with Crippen molar-refractivity contribution in [3.63, 3.8) is 0 Å². The van der Waals surface area contributed by atoms with Crippen LogP contribution in [0.2, 0.25) is 5.02 Å². The zero-order valence-electron chi connectivity index (χ0n) is 11.2. The molecule has 22 heavy (non-hydrogen) atoms. The normalized spacial score (nSPS) is 11.5. The summed E-state index contributed by atoms with van der Waals surface area (Å²) in [7, 11) is -3.91. The van der Waals surface area contributed by atoms with Gasteiger partial charge in [0, 0.05) is 5.02 Å². The van der Waals surface area contributed by atoms with E-state index in [1.54, 1.807) is 30.3 Å². The highest BCUT2D eigenvalue weighted by Gasteiger charge is 2.20. The molecule has 6 heteroatoms. The summed E-state index contributed by atoms with van der Waals surface area (Å²) in [5.74, 6) is 0. The van der Waals surface area contributed by atoms with Crippen molar-refractivity contribution in [2.24, 2.45) is 0 Å². The Labute approximate surface area is 133 Å². The Balaban J connectivity index is 2.46. The number of benzene rings is 2. The molecule has 0 saturated heterocycles. The highest BCUT2D eigenvalue weighted by Crippen LogP contribution is 2.22. The predicted octanol–water partition coefficient (Wildman–Crippen LogP) is 3.55. The smallest absolute Gasteiger partial charge is 0.216 e. The Morgan fingerprint density at radius 3 is 2.09 bits per heavy atom. The quantitative estimate of drug-likeness (QED) is 0.807. The van der Waals surface area contributed by atoms with Crippen LogP contribution in [-0.2, 0) is 9.84 Å². The zero-order chi connectivity index (χ0) is 16.2. The van der Waals surface area contributed by atoms with Gasteiger partial charge in [-0.05, 0) is 48.0 Å². The number of halogens is 1. The minimum absolute atomic E-state index is 0.00153. The molecule has 0 amide bonds. The van der Waals surface area contributed by atoms with Gasteiger partial charge in [-0.2, -0.15) is 10.5 Å². The van der Waals surface area contributed by atoms with E-state index >= 15 is 0 Å². The second kappa shape index (κ2) is 6.44. The Morgan fingerprint density at radius 2 is 1.59 bits per heavy atom. The van der Waals surface area contributed by atoms with Gasteiger partial charge in [-0.15, -0.1) is 0 Å². The number of hydrogen-bond donors (Lipinski definition) is 0. The molecule has 0 heterocycles. The SMILES string of the molecule is N#C/C(=C/c1ccc(C#N)cc1)S(=O)(=O)c1ccc(Cl)cc1. The van der Waals surface area contributed by atoms with E-state index in [-0.39, 0.29) is 9.80 Å². The standard InChI is InChI=1S/C16H9ClN2O2S/c17-14-5-7-15(8-6-14)22(20,21)16(11-19)9-12-1-3-13(10-18)4-2-12/h1-9H/b16-9-. The van der Waals surface area contributed by atoms with E-state index in [1.807, 2.05) is 6.07 Å². The molecule has 2 aromatic carbocycles. The molecular formula is C16H9ClN2O2S. The van der Waals surface area contributed by atoms with E-state index in [2.05, 4.69) is 0 Å². The van der Waals surface area contributed by atoms with Gasteiger partial charge in [-0.3, -0.25) is 0 Å². The Hall–Kier alpha value is -2.60. The van der Waals surface area contributed by atoms with E-state index in [0.717, 1.165) is 0 Å². The molecule has 0 aromatic heterocycles. The van der Waals surface area contributed by atoms with E-state index in [1.165, 1.54) is 30.3 Å². The topological polar surface area (TPSA) is 81.7 Å². The number of hydrogen-bond acceptors (Lipinski definition) is 4. The lowest BCUT2D eigenvalue weighted by atomic mass is 10.1. The lowest BCUT2D eigenvalue weighted by molar-refractivity contribution is 0.603. The molecule has 2 rings (SSSR count). The van der Waals surface area contributed by atoms with Gasteiger partial charge in [0.2, 0.25) is 9.84 Å². The second-order valence-electron chi connectivity index (χ2n) is 4.31. The monoisotopic (exact) mass is 328 g/mol. The van der Waals surface area contributed by atoms with E-state index in [0.29, 0.717) is 16.1 Å². The number of rotatable bonds is 3. The predicted molar refractivity (Wildman–Crippen MR) is 83.4 cm³/mol. The van der Waals surface area contributed by atoms with Gasteiger partial charge in [-0.25, -0.2) is 8.42 Å². The number of allylic oxidation sites excluding steroid dienone is 1. The molecule has 0 spiro atoms. The summed E-state index contributed by atoms with van der Waals surface area (Å²) in [4.78, 5) is -0.377. The molecule has 0 fully saturated rings. The Bertz CT molecular complexity index is 901. The average Bonchev–Trinajstić information content (AvgIpc) is 2.53. The summed E-state index contributed by atoms with van der Waals surface area (Å²) < 4.78 is 24.8. The largest absolute Gasteiger partial charge is 0.218 e. The van der Waals surface area contributed by atoms with Crippen LogP contribution in [0.5, 0.6) is 0 Å². The van der Waals surface area contributed by atoms with Gasteiger partial charge in [-0.1, -0.05) is 23.7 Å². The van der Waals surface area contributed by atoms with Crippen molar-refractivity contribution in [3.8, 4) is 12.1 Å². The van der Waals surface area contributed by atoms with Gasteiger partial charge in [0.1, 0.15) is 11.0 Å². The Morgan fingerprint density at radius 1 is 1.00 bits per heavy atom. The second-order valence-corrected chi connectivity index (χ2v) is 6.67. The summed E-state index contributed by atoms with van der Waals surface area (Å²) in [6.07, 6.45) is 1.27. The van der Waals surface area contributed by atoms with Crippen LogP contribution in [-0.4, -0.2) is 8.42 Å². The van der Waals surface area contributed by atoms with Gasteiger partial charge in [0.05, 0.1) is 16.5 Å². The van der Waals surface area contributed by atoms with Crippen molar-refractivity contribution in [1.82, 2.24) is 0 Å². The molecule has 0 atom stereocenters. The third-order valence-electron chi connectivity index (χ3n) is 2.86. The average molecular weight is 329 g/mol. The van der Waals surface area contributed by atoms with Crippen molar-refractivity contribution in [2.45, 2.75) is 4.90 Å². The molecule has 0 bridgehead atoms. The molecule has 0 aliphatic rings. The molecular weight excluding hydrogens is 320 g/mol. The fourth-order valence-electron chi connectivity index (χ4n) is 1.72. The van der Waals surface area contributed by atoms with Crippen molar-refractivity contribution in [2.75, 3.05) is 0 Å². The first kappa shape index (κ1) is 15.8. The van der Waals surface area contributed by atoms with Crippen LogP contribution < -0.4 is 0 Å². The van der Waals surface area contributed by atoms with Gasteiger partial charge >= 0.3 is 0 Å². The molecule has 0 aliphatic carbocycles. The maximum absolute atomic E-state index is 12.4. The van der Waals surface area contributed by atoms with Crippen LogP contribution in [0.1, 0.15) is 11.1 Å². The van der Waals surface area contributed by atoms with Crippen LogP contribution in [0.25, 0.3) is 6.08 Å². The zero-order valence-corrected chi connectivity index (χ0v) is 12.8. The van der Waals surface area contributed by atoms with Crippen molar-refractivity contribution in [1.29, 1.82) is 10.5 Å². The summed E-state index contributed by atoms with van der Waals surface area (Å²) >= 11 is 5.73. The minimum Gasteiger partial charge on any atom is -0.218 e. The van der Waals surface area contributed by atoms with Crippen LogP contribution >= 0.6 is 11.6 Å². The molecule has 0 saturated carbocycles. The molecule has 0 aliphatic heterocycles. The maximum Gasteiger partial charge on any atom is 0.216 e. The van der Waals surface area contributed by atoms with Crippen molar-refractivity contribution >= 4 is 27.5 Å². The van der Waals surface area contributed by atoms with Gasteiger partial charge in [0.15, 0.2) is 0 Å². The maximum atomic E-state index is 12.4. The molecule has 0 radical (unpaired) electrons. The van der Waals surface area contributed by atoms with Gasteiger partial charge < -0.3 is 0 Å².